The largest absolute Gasteiger partial charge is 0.465 e. The molecule has 1 aliphatic rings. The number of likely N-dealkylation sites (tertiary alicyclic amines) is 1. The second kappa shape index (κ2) is 5.71. The molecule has 1 aromatic rings. The second-order valence-corrected chi connectivity index (χ2v) is 4.81. The average molecular weight is 249 g/mol. The molecule has 0 aromatic carbocycles. The normalized spacial score (nSPS) is 16.8. The number of hydrogen-bond acceptors (Lipinski definition) is 3. The van der Waals surface area contributed by atoms with Crippen molar-refractivity contribution in [1.82, 2.24) is 9.88 Å². The van der Waals surface area contributed by atoms with Gasteiger partial charge in [0.25, 0.3) is 0 Å². The predicted molar refractivity (Wildman–Crippen MR) is 69.3 cm³/mol. The summed E-state index contributed by atoms with van der Waals surface area (Å²) >= 11 is 0. The molecule has 0 aliphatic carbocycles. The third kappa shape index (κ3) is 3.35. The Morgan fingerprint density at radius 2 is 2.17 bits per heavy atom. The molecule has 0 unspecified atom stereocenters. The summed E-state index contributed by atoms with van der Waals surface area (Å²) in [7, 11) is 0. The first kappa shape index (κ1) is 12.7. The van der Waals surface area contributed by atoms with Crippen molar-refractivity contribution in [2.24, 2.45) is 5.92 Å². The van der Waals surface area contributed by atoms with Crippen molar-refractivity contribution in [3.05, 3.63) is 23.9 Å². The highest BCUT2D eigenvalue weighted by Gasteiger charge is 2.21. The number of carboxylic acid groups (broad SMARTS) is 1. The predicted octanol–water partition coefficient (Wildman–Crippen LogP) is 1.99. The second-order valence-electron chi connectivity index (χ2n) is 4.81. The topological polar surface area (TPSA) is 79.5 Å². The fraction of sp³-hybridized carbons (Fsp3) is 0.538. The van der Waals surface area contributed by atoms with E-state index in [0.717, 1.165) is 31.4 Å². The van der Waals surface area contributed by atoms with E-state index in [4.69, 9.17) is 10.8 Å². The summed E-state index contributed by atoms with van der Waals surface area (Å²) in [6, 6.07) is 5.70. The highest BCUT2D eigenvalue weighted by Crippen LogP contribution is 2.22. The smallest absolute Gasteiger partial charge is 0.407 e. The van der Waals surface area contributed by atoms with Gasteiger partial charge in [0.05, 0.1) is 0 Å². The van der Waals surface area contributed by atoms with Gasteiger partial charge < -0.3 is 15.7 Å². The van der Waals surface area contributed by atoms with Gasteiger partial charge in [0.2, 0.25) is 0 Å². The molecule has 98 valence electrons. The van der Waals surface area contributed by atoms with E-state index in [-0.39, 0.29) is 0 Å². The van der Waals surface area contributed by atoms with Crippen molar-refractivity contribution in [3.8, 4) is 0 Å². The number of rotatable bonds is 3. The third-order valence-corrected chi connectivity index (χ3v) is 3.52. The number of piperidine rings is 1. The molecule has 0 spiro atoms. The van der Waals surface area contributed by atoms with Crippen LogP contribution < -0.4 is 5.73 Å². The van der Waals surface area contributed by atoms with Crippen LogP contribution >= 0.6 is 0 Å². The Balaban J connectivity index is 1.77. The molecule has 2 rings (SSSR count). The van der Waals surface area contributed by atoms with Crippen LogP contribution in [-0.4, -0.2) is 34.2 Å². The Kier molecular flexibility index (Phi) is 4.02. The number of aromatic nitrogens is 1. The number of nitrogen functional groups attached to an aromatic ring is 1. The summed E-state index contributed by atoms with van der Waals surface area (Å²) in [4.78, 5) is 16.5. The zero-order valence-corrected chi connectivity index (χ0v) is 10.4. The quantitative estimate of drug-likeness (QED) is 0.858. The van der Waals surface area contributed by atoms with Crippen LogP contribution in [-0.2, 0) is 6.42 Å². The SMILES string of the molecule is Nc1cccc(CCC2CCN(C(=O)O)CC2)n1. The molecule has 1 aliphatic heterocycles. The lowest BCUT2D eigenvalue weighted by Crippen LogP contribution is -2.37. The van der Waals surface area contributed by atoms with Gasteiger partial charge in [0, 0.05) is 18.8 Å². The van der Waals surface area contributed by atoms with E-state index < -0.39 is 6.09 Å². The number of hydrogen-bond donors (Lipinski definition) is 2. The zero-order valence-electron chi connectivity index (χ0n) is 10.4. The Morgan fingerprint density at radius 3 is 2.78 bits per heavy atom. The molecule has 2 heterocycles. The molecule has 1 saturated heterocycles. The monoisotopic (exact) mass is 249 g/mol. The minimum absolute atomic E-state index is 0.563. The summed E-state index contributed by atoms with van der Waals surface area (Å²) in [6.45, 7) is 1.31. The van der Waals surface area contributed by atoms with Crippen LogP contribution in [0.1, 0.15) is 25.0 Å². The van der Waals surface area contributed by atoms with E-state index in [0.29, 0.717) is 24.8 Å². The molecule has 1 fully saturated rings. The van der Waals surface area contributed by atoms with Crippen molar-refractivity contribution in [1.29, 1.82) is 0 Å². The van der Waals surface area contributed by atoms with Crippen molar-refractivity contribution in [2.45, 2.75) is 25.7 Å². The molecule has 0 atom stereocenters. The molecule has 1 amide bonds. The van der Waals surface area contributed by atoms with Gasteiger partial charge >= 0.3 is 6.09 Å². The van der Waals surface area contributed by atoms with Gasteiger partial charge in [-0.15, -0.1) is 0 Å². The molecule has 1 aromatic heterocycles. The first-order chi connectivity index (χ1) is 8.65. The van der Waals surface area contributed by atoms with Gasteiger partial charge in [0.1, 0.15) is 5.82 Å². The van der Waals surface area contributed by atoms with Gasteiger partial charge in [-0.2, -0.15) is 0 Å². The molecule has 0 radical (unpaired) electrons. The fourth-order valence-corrected chi connectivity index (χ4v) is 2.40. The highest BCUT2D eigenvalue weighted by atomic mass is 16.4. The van der Waals surface area contributed by atoms with Crippen LogP contribution in [0.3, 0.4) is 0 Å². The molecule has 0 bridgehead atoms. The number of amides is 1. The van der Waals surface area contributed by atoms with Gasteiger partial charge in [-0.3, -0.25) is 0 Å². The van der Waals surface area contributed by atoms with Crippen LogP contribution in [0.25, 0.3) is 0 Å². The Hall–Kier alpha value is -1.78. The third-order valence-electron chi connectivity index (χ3n) is 3.52. The standard InChI is InChI=1S/C13H19N3O2/c14-12-3-1-2-11(15-12)5-4-10-6-8-16(9-7-10)13(17)18/h1-3,10H,4-9H2,(H2,14,15)(H,17,18). The van der Waals surface area contributed by atoms with Crippen LogP contribution in [0, 0.1) is 5.92 Å². The van der Waals surface area contributed by atoms with Crippen LogP contribution in [0.2, 0.25) is 0 Å². The molecule has 3 N–H and O–H groups in total. The average Bonchev–Trinajstić information content (AvgIpc) is 2.37. The van der Waals surface area contributed by atoms with Gasteiger partial charge in [-0.1, -0.05) is 6.07 Å². The number of pyridine rings is 1. The van der Waals surface area contributed by atoms with Crippen LogP contribution in [0.4, 0.5) is 10.6 Å². The van der Waals surface area contributed by atoms with E-state index in [2.05, 4.69) is 4.98 Å². The maximum atomic E-state index is 10.8. The number of nitrogens with two attached hydrogens (primary N) is 1. The van der Waals surface area contributed by atoms with Crippen molar-refractivity contribution in [3.63, 3.8) is 0 Å². The molecular weight excluding hydrogens is 230 g/mol. The minimum atomic E-state index is -0.800. The summed E-state index contributed by atoms with van der Waals surface area (Å²) in [5.41, 5.74) is 6.66. The summed E-state index contributed by atoms with van der Waals surface area (Å²) in [5, 5.41) is 8.86. The number of carbonyl (C=O) groups is 1. The van der Waals surface area contributed by atoms with E-state index >= 15 is 0 Å². The van der Waals surface area contributed by atoms with E-state index in [9.17, 15) is 4.79 Å². The van der Waals surface area contributed by atoms with Crippen LogP contribution in [0.5, 0.6) is 0 Å². The zero-order chi connectivity index (χ0) is 13.0. The van der Waals surface area contributed by atoms with Gasteiger partial charge in [0.15, 0.2) is 0 Å². The maximum Gasteiger partial charge on any atom is 0.407 e. The molecule has 18 heavy (non-hydrogen) atoms. The molecular formula is C13H19N3O2. The lowest BCUT2D eigenvalue weighted by molar-refractivity contribution is 0.123. The first-order valence-corrected chi connectivity index (χ1v) is 6.34. The Bertz CT molecular complexity index is 414. The Morgan fingerprint density at radius 1 is 1.44 bits per heavy atom. The first-order valence-electron chi connectivity index (χ1n) is 6.34. The number of anilines is 1. The van der Waals surface area contributed by atoms with Crippen molar-refractivity contribution in [2.75, 3.05) is 18.8 Å². The lowest BCUT2D eigenvalue weighted by atomic mass is 9.91. The summed E-state index contributed by atoms with van der Waals surface area (Å²) in [6.07, 6.45) is 3.08. The van der Waals surface area contributed by atoms with E-state index in [1.165, 1.54) is 4.90 Å². The molecule has 5 nitrogen and oxygen atoms in total. The highest BCUT2D eigenvalue weighted by molar-refractivity contribution is 5.64. The Labute approximate surface area is 107 Å². The fourth-order valence-electron chi connectivity index (χ4n) is 2.40. The van der Waals surface area contributed by atoms with Gasteiger partial charge in [-0.05, 0) is 43.7 Å². The molecule has 5 heteroatoms. The summed E-state index contributed by atoms with van der Waals surface area (Å²) in [5.74, 6) is 1.16. The van der Waals surface area contributed by atoms with Gasteiger partial charge in [-0.25, -0.2) is 9.78 Å². The molecule has 0 saturated carbocycles. The minimum Gasteiger partial charge on any atom is -0.465 e. The van der Waals surface area contributed by atoms with Crippen LogP contribution in [0.15, 0.2) is 18.2 Å². The van der Waals surface area contributed by atoms with Crippen molar-refractivity contribution < 1.29 is 9.90 Å². The summed E-state index contributed by atoms with van der Waals surface area (Å²) < 4.78 is 0. The van der Waals surface area contributed by atoms with E-state index in [1.807, 2.05) is 12.1 Å². The maximum absolute atomic E-state index is 10.8. The number of aryl methyl sites for hydroxylation is 1. The number of nitrogens with zero attached hydrogens (tertiary/aromatic N) is 2. The van der Waals surface area contributed by atoms with E-state index in [1.54, 1.807) is 6.07 Å². The lowest BCUT2D eigenvalue weighted by Gasteiger charge is -2.29. The van der Waals surface area contributed by atoms with Crippen molar-refractivity contribution >= 4 is 11.9 Å².